The van der Waals surface area contributed by atoms with Crippen molar-refractivity contribution in [3.05, 3.63) is 44.9 Å². The zero-order valence-electron chi connectivity index (χ0n) is 22.1. The maximum atomic E-state index is 13.3. The van der Waals surface area contributed by atoms with Gasteiger partial charge in [-0.25, -0.2) is 29.3 Å². The summed E-state index contributed by atoms with van der Waals surface area (Å²) in [4.78, 5) is 56.8. The number of thiazole rings is 1. The van der Waals surface area contributed by atoms with Gasteiger partial charge in [-0.15, -0.1) is 17.3 Å². The van der Waals surface area contributed by atoms with Gasteiger partial charge in [0, 0.05) is 36.9 Å². The summed E-state index contributed by atoms with van der Waals surface area (Å²) in [6.07, 6.45) is 0.158. The van der Waals surface area contributed by atoms with Crippen molar-refractivity contribution in [1.29, 1.82) is 0 Å². The van der Waals surface area contributed by atoms with E-state index < -0.39 is 35.4 Å². The number of hydrogen-bond acceptors (Lipinski definition) is 9. The van der Waals surface area contributed by atoms with Gasteiger partial charge in [0.15, 0.2) is 11.2 Å². The zero-order chi connectivity index (χ0) is 29.5. The molecule has 0 aliphatic carbocycles. The molecule has 1 saturated heterocycles. The summed E-state index contributed by atoms with van der Waals surface area (Å²) in [5, 5.41) is 4.75. The summed E-state index contributed by atoms with van der Waals surface area (Å²) in [5.41, 5.74) is -0.491. The third kappa shape index (κ3) is 5.20. The fourth-order valence-corrected chi connectivity index (χ4v) is 5.35. The molecule has 1 N–H and O–H groups in total. The molecule has 0 aromatic carbocycles. The highest BCUT2D eigenvalue weighted by atomic mass is 32.1. The van der Waals surface area contributed by atoms with Crippen LogP contribution in [0.2, 0.25) is 0 Å². The van der Waals surface area contributed by atoms with Crippen LogP contribution in [0.4, 0.5) is 24.9 Å². The molecule has 1 aliphatic heterocycles. The first-order chi connectivity index (χ1) is 19.5. The fourth-order valence-electron chi connectivity index (χ4n) is 4.63. The molecule has 1 aliphatic rings. The topological polar surface area (TPSA) is 133 Å². The van der Waals surface area contributed by atoms with Gasteiger partial charge in [-0.3, -0.25) is 14.2 Å². The Bertz CT molecular complexity index is 1790. The number of carbonyl (C=O) groups excluding carboxylic acids is 1. The number of anilines is 2. The Hall–Kier alpha value is -4.52. The average Bonchev–Trinajstić information content (AvgIpc) is 3.71. The molecular weight excluding hydrogens is 563 g/mol. The van der Waals surface area contributed by atoms with Gasteiger partial charge in [0.05, 0.1) is 12.9 Å². The minimum atomic E-state index is -4.36. The number of nitrogens with one attached hydrogen (secondary N) is 1. The van der Waals surface area contributed by atoms with Crippen molar-refractivity contribution in [3.63, 3.8) is 0 Å². The quantitative estimate of drug-likeness (QED) is 0.341. The highest BCUT2D eigenvalue weighted by molar-refractivity contribution is 7.13. The van der Waals surface area contributed by atoms with Crippen LogP contribution in [0.15, 0.2) is 33.7 Å². The van der Waals surface area contributed by atoms with Gasteiger partial charge in [-0.05, 0) is 26.7 Å². The number of aromatic nitrogens is 7. The van der Waals surface area contributed by atoms with Crippen LogP contribution in [-0.4, -0.2) is 58.3 Å². The van der Waals surface area contributed by atoms with Crippen molar-refractivity contribution in [1.82, 2.24) is 33.6 Å². The van der Waals surface area contributed by atoms with E-state index in [1.807, 2.05) is 0 Å². The Morgan fingerprint density at radius 2 is 1.98 bits per heavy atom. The summed E-state index contributed by atoms with van der Waals surface area (Å²) in [6, 6.07) is -2.51. The van der Waals surface area contributed by atoms with E-state index in [1.165, 1.54) is 46.2 Å². The smallest absolute Gasteiger partial charge is 0.329 e. The van der Waals surface area contributed by atoms with Gasteiger partial charge in [0.25, 0.3) is 5.56 Å². The summed E-state index contributed by atoms with van der Waals surface area (Å²) in [7, 11) is 1.48. The van der Waals surface area contributed by atoms with Crippen LogP contribution >= 0.6 is 11.3 Å². The normalized spacial score (nSPS) is 16.0. The van der Waals surface area contributed by atoms with E-state index in [1.54, 1.807) is 19.2 Å². The van der Waals surface area contributed by atoms with E-state index in [2.05, 4.69) is 37.1 Å². The molecule has 1 fully saturated rings. The average molecular weight is 588 g/mol. The predicted molar refractivity (Wildman–Crippen MR) is 146 cm³/mol. The fraction of sp³-hybridized carbons (Fsp3) is 0.400. The number of nitrogens with zero attached hydrogens (tertiary/aromatic N) is 8. The monoisotopic (exact) mass is 587 g/mol. The maximum absolute atomic E-state index is 13.3. The van der Waals surface area contributed by atoms with Crippen molar-refractivity contribution in [2.45, 2.75) is 51.5 Å². The molecule has 0 bridgehead atoms. The lowest BCUT2D eigenvalue weighted by molar-refractivity contribution is -0.146. The summed E-state index contributed by atoms with van der Waals surface area (Å²) >= 11 is 1.19. The first-order valence-corrected chi connectivity index (χ1v) is 13.4. The lowest BCUT2D eigenvalue weighted by atomic mass is 10.2. The number of fused-ring (bicyclic) bond motifs is 1. The molecule has 5 heterocycles. The Kier molecular flexibility index (Phi) is 7.39. The first-order valence-electron chi connectivity index (χ1n) is 12.5. The van der Waals surface area contributed by atoms with Gasteiger partial charge in [-0.2, -0.15) is 13.2 Å². The van der Waals surface area contributed by atoms with Crippen LogP contribution in [-0.2, 0) is 18.4 Å². The van der Waals surface area contributed by atoms with E-state index in [4.69, 9.17) is 0 Å². The van der Waals surface area contributed by atoms with Crippen LogP contribution in [0.3, 0.4) is 0 Å². The van der Waals surface area contributed by atoms with Crippen LogP contribution < -0.4 is 21.5 Å². The van der Waals surface area contributed by atoms with Crippen LogP contribution in [0.5, 0.6) is 0 Å². The van der Waals surface area contributed by atoms with E-state index in [-0.39, 0.29) is 42.4 Å². The SMILES string of the molecule is CC#CCn1c(=O)c2c(ncn2[C@@H](C)C(=O)Nc2csc(-c3cnc(N4CCC[C@H]4C(F)(F)F)nc3)n2)n(C)c1=O. The second kappa shape index (κ2) is 10.8. The van der Waals surface area contributed by atoms with Crippen molar-refractivity contribution < 1.29 is 18.0 Å². The number of amides is 1. The van der Waals surface area contributed by atoms with Crippen LogP contribution in [0, 0.1) is 11.8 Å². The standard InChI is InChI=1S/C25H24F3N9O3S/c1-4-5-8-36-22(39)18-19(34(3)24(36)40)31-13-37(18)14(2)20(38)32-17-12-41-21(33-17)15-10-29-23(30-11-15)35-9-6-7-16(35)25(26,27)28/h10-14,16H,6-9H2,1-3H3,(H,32,38)/t14-,16-/m0/s1. The van der Waals surface area contributed by atoms with Crippen molar-refractivity contribution in [2.75, 3.05) is 16.8 Å². The third-order valence-electron chi connectivity index (χ3n) is 6.80. The van der Waals surface area contributed by atoms with Crippen molar-refractivity contribution in [2.24, 2.45) is 7.05 Å². The molecule has 5 rings (SSSR count). The minimum Gasteiger partial charge on any atom is -0.329 e. The molecule has 1 amide bonds. The highest BCUT2D eigenvalue weighted by Crippen LogP contribution is 2.35. The van der Waals surface area contributed by atoms with E-state index in [0.29, 0.717) is 17.0 Å². The minimum absolute atomic E-state index is 0.000756. The molecule has 0 saturated carbocycles. The second-order valence-electron chi connectivity index (χ2n) is 9.35. The molecule has 2 atom stereocenters. The molecule has 0 unspecified atom stereocenters. The zero-order valence-corrected chi connectivity index (χ0v) is 23.0. The van der Waals surface area contributed by atoms with Gasteiger partial charge in [0.2, 0.25) is 11.9 Å². The Labute approximate surface area is 234 Å². The van der Waals surface area contributed by atoms with E-state index in [9.17, 15) is 27.6 Å². The summed E-state index contributed by atoms with van der Waals surface area (Å²) in [6.45, 7) is 3.29. The maximum Gasteiger partial charge on any atom is 0.408 e. The Morgan fingerprint density at radius 1 is 1.24 bits per heavy atom. The van der Waals surface area contributed by atoms with Gasteiger partial charge in [-0.1, -0.05) is 5.92 Å². The van der Waals surface area contributed by atoms with E-state index >= 15 is 0 Å². The van der Waals surface area contributed by atoms with Crippen LogP contribution in [0.1, 0.15) is 32.7 Å². The number of rotatable bonds is 6. The van der Waals surface area contributed by atoms with Crippen LogP contribution in [0.25, 0.3) is 21.7 Å². The number of aryl methyl sites for hydroxylation is 1. The predicted octanol–water partition coefficient (Wildman–Crippen LogP) is 2.56. The molecule has 4 aromatic heterocycles. The third-order valence-corrected chi connectivity index (χ3v) is 7.69. The second-order valence-corrected chi connectivity index (χ2v) is 10.2. The van der Waals surface area contributed by atoms with Crippen molar-refractivity contribution >= 4 is 40.2 Å². The molecule has 214 valence electrons. The highest BCUT2D eigenvalue weighted by Gasteiger charge is 2.46. The number of hydrogen-bond donors (Lipinski definition) is 1. The molecule has 4 aromatic rings. The van der Waals surface area contributed by atoms with Gasteiger partial charge in [0.1, 0.15) is 22.9 Å². The number of alkyl halides is 3. The molecule has 0 radical (unpaired) electrons. The number of imidazole rings is 1. The Balaban J connectivity index is 1.34. The Morgan fingerprint density at radius 3 is 2.66 bits per heavy atom. The molecule has 0 spiro atoms. The molecular formula is C25H24F3N9O3S. The largest absolute Gasteiger partial charge is 0.408 e. The lowest BCUT2D eigenvalue weighted by Gasteiger charge is -2.26. The number of halogens is 3. The van der Waals surface area contributed by atoms with Gasteiger partial charge < -0.3 is 14.8 Å². The molecule has 16 heteroatoms. The lowest BCUT2D eigenvalue weighted by Crippen LogP contribution is -2.42. The number of carbonyl (C=O) groups is 1. The first kappa shape index (κ1) is 28.0. The molecule has 12 nitrogen and oxygen atoms in total. The van der Waals surface area contributed by atoms with Crippen molar-refractivity contribution in [3.8, 4) is 22.4 Å². The van der Waals surface area contributed by atoms with Gasteiger partial charge >= 0.3 is 11.9 Å². The summed E-state index contributed by atoms with van der Waals surface area (Å²) < 4.78 is 43.5. The molecule has 41 heavy (non-hydrogen) atoms. The van der Waals surface area contributed by atoms with E-state index in [0.717, 1.165) is 9.47 Å². The summed E-state index contributed by atoms with van der Waals surface area (Å²) in [5.74, 6) is 5.09.